The number of nitrogens with one attached hydrogen (secondary N) is 2. The van der Waals surface area contributed by atoms with Gasteiger partial charge in [0, 0.05) is 11.7 Å². The Kier molecular flexibility index (Phi) is 7.88. The minimum absolute atomic E-state index is 0.0986. The third-order valence-electron chi connectivity index (χ3n) is 6.07. The molecule has 0 heterocycles. The number of carbonyl (C=O) groups excluding carboxylic acids is 3. The fourth-order valence-electron chi connectivity index (χ4n) is 4.13. The van der Waals surface area contributed by atoms with Crippen molar-refractivity contribution < 1.29 is 19.1 Å². The normalized spacial score (nSPS) is 18.7. The highest BCUT2D eigenvalue weighted by molar-refractivity contribution is 5.99. The summed E-state index contributed by atoms with van der Waals surface area (Å²) >= 11 is 0. The highest BCUT2D eigenvalue weighted by atomic mass is 16.6. The number of nitrogens with zero attached hydrogens (tertiary/aromatic N) is 1. The monoisotopic (exact) mass is 479 g/mol. The molecule has 7 heteroatoms. The SMILES string of the molecule is Cc1cccc(C(C(=O)Nc2ccccc2C)N(C(=O)C(C)NC(=O)OC(C)(C)C)C2CC2C)c1. The Balaban J connectivity index is 1.95. The van der Waals surface area contributed by atoms with Crippen molar-refractivity contribution in [3.8, 4) is 0 Å². The highest BCUT2D eigenvalue weighted by Crippen LogP contribution is 2.41. The minimum atomic E-state index is -0.865. The van der Waals surface area contributed by atoms with Crippen molar-refractivity contribution in [1.29, 1.82) is 0 Å². The van der Waals surface area contributed by atoms with E-state index in [1.807, 2.05) is 62.4 Å². The number of para-hydroxylation sites is 1. The Morgan fingerprint density at radius 1 is 1.06 bits per heavy atom. The van der Waals surface area contributed by atoms with Gasteiger partial charge < -0.3 is 20.3 Å². The molecule has 3 rings (SSSR count). The first-order chi connectivity index (χ1) is 16.4. The molecule has 2 aromatic rings. The van der Waals surface area contributed by atoms with Crippen molar-refractivity contribution in [2.24, 2.45) is 5.92 Å². The van der Waals surface area contributed by atoms with Crippen molar-refractivity contribution in [2.45, 2.75) is 78.6 Å². The predicted octanol–water partition coefficient (Wildman–Crippen LogP) is 5.13. The van der Waals surface area contributed by atoms with Crippen LogP contribution < -0.4 is 10.6 Å². The topological polar surface area (TPSA) is 87.7 Å². The number of amides is 3. The van der Waals surface area contributed by atoms with Gasteiger partial charge in [-0.2, -0.15) is 0 Å². The van der Waals surface area contributed by atoms with Gasteiger partial charge in [0.25, 0.3) is 5.91 Å². The average Bonchev–Trinajstić information content (AvgIpc) is 3.47. The summed E-state index contributed by atoms with van der Waals surface area (Å²) < 4.78 is 5.34. The number of anilines is 1. The van der Waals surface area contributed by atoms with Crippen LogP contribution in [0.2, 0.25) is 0 Å². The van der Waals surface area contributed by atoms with Crippen LogP contribution in [0.5, 0.6) is 0 Å². The number of alkyl carbamates (subject to hydrolysis) is 1. The number of rotatable bonds is 7. The number of hydrogen-bond donors (Lipinski definition) is 2. The van der Waals surface area contributed by atoms with E-state index in [0.29, 0.717) is 5.69 Å². The van der Waals surface area contributed by atoms with Gasteiger partial charge in [-0.3, -0.25) is 9.59 Å². The second-order valence-corrected chi connectivity index (χ2v) is 10.5. The molecule has 7 nitrogen and oxygen atoms in total. The largest absolute Gasteiger partial charge is 0.444 e. The molecule has 0 spiro atoms. The van der Waals surface area contributed by atoms with E-state index in [0.717, 1.165) is 23.1 Å². The van der Waals surface area contributed by atoms with Crippen molar-refractivity contribution in [3.05, 3.63) is 65.2 Å². The highest BCUT2D eigenvalue weighted by Gasteiger charge is 2.47. The van der Waals surface area contributed by atoms with Crippen molar-refractivity contribution in [3.63, 3.8) is 0 Å². The zero-order chi connectivity index (χ0) is 25.9. The molecule has 2 N–H and O–H groups in total. The first kappa shape index (κ1) is 26.3. The molecule has 1 aliphatic rings. The standard InChI is InChI=1S/C28H37N3O4/c1-17-11-10-13-21(15-17)24(25(32)30-22-14-9-8-12-18(22)2)31(23-16-19(23)3)26(33)20(4)29-27(34)35-28(5,6)7/h8-15,19-20,23-24H,16H2,1-7H3,(H,29,34)(H,30,32). The molecule has 4 atom stereocenters. The van der Waals surface area contributed by atoms with Crippen LogP contribution in [0.4, 0.5) is 10.5 Å². The van der Waals surface area contributed by atoms with Gasteiger partial charge in [0.2, 0.25) is 5.91 Å². The van der Waals surface area contributed by atoms with E-state index in [9.17, 15) is 14.4 Å². The molecule has 0 radical (unpaired) electrons. The second kappa shape index (κ2) is 10.5. The van der Waals surface area contributed by atoms with Crippen LogP contribution in [-0.2, 0) is 14.3 Å². The number of benzene rings is 2. The predicted molar refractivity (Wildman–Crippen MR) is 137 cm³/mol. The first-order valence-electron chi connectivity index (χ1n) is 12.1. The Morgan fingerprint density at radius 2 is 1.71 bits per heavy atom. The van der Waals surface area contributed by atoms with E-state index < -0.39 is 23.8 Å². The van der Waals surface area contributed by atoms with Crippen molar-refractivity contribution >= 4 is 23.6 Å². The lowest BCUT2D eigenvalue weighted by Crippen LogP contribution is -2.52. The van der Waals surface area contributed by atoms with Crippen LogP contribution in [0.1, 0.15) is 63.8 Å². The van der Waals surface area contributed by atoms with Crippen molar-refractivity contribution in [1.82, 2.24) is 10.2 Å². The average molecular weight is 480 g/mol. The number of ether oxygens (including phenoxy) is 1. The molecule has 4 unspecified atom stereocenters. The zero-order valence-electron chi connectivity index (χ0n) is 21.7. The molecule has 1 saturated carbocycles. The van der Waals surface area contributed by atoms with Gasteiger partial charge in [-0.05, 0) is 71.1 Å². The van der Waals surface area contributed by atoms with Gasteiger partial charge >= 0.3 is 6.09 Å². The molecule has 1 aliphatic carbocycles. The van der Waals surface area contributed by atoms with Gasteiger partial charge in [0.05, 0.1) is 0 Å². The molecular weight excluding hydrogens is 442 g/mol. The van der Waals surface area contributed by atoms with Crippen LogP contribution in [0, 0.1) is 19.8 Å². The van der Waals surface area contributed by atoms with Gasteiger partial charge in [-0.25, -0.2) is 4.79 Å². The molecular formula is C28H37N3O4. The quantitative estimate of drug-likeness (QED) is 0.576. The van der Waals surface area contributed by atoms with Crippen LogP contribution in [-0.4, -0.2) is 40.5 Å². The summed E-state index contributed by atoms with van der Waals surface area (Å²) in [5.74, 6) is -0.357. The summed E-state index contributed by atoms with van der Waals surface area (Å²) in [6.45, 7) is 12.9. The zero-order valence-corrected chi connectivity index (χ0v) is 21.7. The molecule has 0 aliphatic heterocycles. The van der Waals surface area contributed by atoms with E-state index in [4.69, 9.17) is 4.74 Å². The summed E-state index contributed by atoms with van der Waals surface area (Å²) in [4.78, 5) is 41.6. The fraction of sp³-hybridized carbons (Fsp3) is 0.464. The third kappa shape index (κ3) is 6.84. The van der Waals surface area contributed by atoms with Gasteiger partial charge in [-0.15, -0.1) is 0 Å². The Hall–Kier alpha value is -3.35. The molecule has 0 bridgehead atoms. The number of carbonyl (C=O) groups is 3. The van der Waals surface area contributed by atoms with Crippen molar-refractivity contribution in [2.75, 3.05) is 5.32 Å². The first-order valence-corrected chi connectivity index (χ1v) is 12.1. The van der Waals surface area contributed by atoms with Gasteiger partial charge in [0.1, 0.15) is 17.7 Å². The Morgan fingerprint density at radius 3 is 2.29 bits per heavy atom. The minimum Gasteiger partial charge on any atom is -0.444 e. The van der Waals surface area contributed by atoms with E-state index in [2.05, 4.69) is 17.6 Å². The molecule has 1 fully saturated rings. The molecule has 2 aromatic carbocycles. The van der Waals surface area contributed by atoms with E-state index in [-0.39, 0.29) is 23.8 Å². The third-order valence-corrected chi connectivity index (χ3v) is 6.07. The Bertz CT molecular complexity index is 1090. The summed E-state index contributed by atoms with van der Waals surface area (Å²) in [5, 5.41) is 5.67. The molecule has 0 aromatic heterocycles. The lowest BCUT2D eigenvalue weighted by molar-refractivity contribution is -0.141. The summed E-state index contributed by atoms with van der Waals surface area (Å²) in [5.41, 5.74) is 2.67. The molecule has 35 heavy (non-hydrogen) atoms. The van der Waals surface area contributed by atoms with E-state index >= 15 is 0 Å². The van der Waals surface area contributed by atoms with Crippen LogP contribution in [0.3, 0.4) is 0 Å². The Labute approximate surface area is 208 Å². The smallest absolute Gasteiger partial charge is 0.408 e. The maximum absolute atomic E-state index is 13.8. The lowest BCUT2D eigenvalue weighted by Gasteiger charge is -2.34. The maximum atomic E-state index is 13.8. The molecule has 188 valence electrons. The summed E-state index contributed by atoms with van der Waals surface area (Å²) in [7, 11) is 0. The van der Waals surface area contributed by atoms with Gasteiger partial charge in [-0.1, -0.05) is 55.0 Å². The van der Waals surface area contributed by atoms with Gasteiger partial charge in [0.15, 0.2) is 0 Å². The number of hydrogen-bond acceptors (Lipinski definition) is 4. The second-order valence-electron chi connectivity index (χ2n) is 10.5. The molecule has 3 amide bonds. The number of aryl methyl sites for hydroxylation is 2. The summed E-state index contributed by atoms with van der Waals surface area (Å²) in [6.07, 6.45) is 0.129. The molecule has 0 saturated heterocycles. The van der Waals surface area contributed by atoms with E-state index in [1.54, 1.807) is 32.6 Å². The van der Waals surface area contributed by atoms with Crippen LogP contribution in [0.15, 0.2) is 48.5 Å². The maximum Gasteiger partial charge on any atom is 0.408 e. The van der Waals surface area contributed by atoms with Crippen LogP contribution >= 0.6 is 0 Å². The lowest BCUT2D eigenvalue weighted by atomic mass is 10.00. The summed E-state index contributed by atoms with van der Waals surface area (Å²) in [6, 6.07) is 13.4. The van der Waals surface area contributed by atoms with E-state index in [1.165, 1.54) is 0 Å². The fourth-order valence-corrected chi connectivity index (χ4v) is 4.13. The van der Waals surface area contributed by atoms with Crippen LogP contribution in [0.25, 0.3) is 0 Å².